The van der Waals surface area contributed by atoms with Crippen LogP contribution in [0.25, 0.3) is 0 Å². The van der Waals surface area contributed by atoms with E-state index in [4.69, 9.17) is 4.74 Å². The van der Waals surface area contributed by atoms with Crippen LogP contribution >= 0.6 is 0 Å². The molecule has 0 unspecified atom stereocenters. The van der Waals surface area contributed by atoms with E-state index >= 15 is 0 Å². The zero-order valence-electron chi connectivity index (χ0n) is 17.8. The quantitative estimate of drug-likeness (QED) is 0.537. The maximum atomic E-state index is 12.7. The molecule has 0 aliphatic rings. The van der Waals surface area contributed by atoms with Crippen LogP contribution in [0.3, 0.4) is 0 Å². The first-order chi connectivity index (χ1) is 14.7. The molecule has 0 aromatic heterocycles. The molecule has 3 aromatic rings. The lowest BCUT2D eigenvalue weighted by atomic mass is 10.0. The van der Waals surface area contributed by atoms with Gasteiger partial charge in [-0.05, 0) is 47.9 Å². The SMILES string of the molecule is CC(C)c1ccc(NC(=O)CN(c2ccccc2Oc2ccccc2)S(C)(=O)=O)cc1. The van der Waals surface area contributed by atoms with Crippen LogP contribution in [-0.2, 0) is 14.8 Å². The summed E-state index contributed by atoms with van der Waals surface area (Å²) in [7, 11) is -3.75. The number of nitrogens with one attached hydrogen (secondary N) is 1. The molecular weight excluding hydrogens is 412 g/mol. The van der Waals surface area contributed by atoms with Crippen molar-refractivity contribution in [3.8, 4) is 11.5 Å². The van der Waals surface area contributed by atoms with Crippen LogP contribution in [-0.4, -0.2) is 27.1 Å². The van der Waals surface area contributed by atoms with E-state index in [9.17, 15) is 13.2 Å². The van der Waals surface area contributed by atoms with Crippen molar-refractivity contribution in [1.29, 1.82) is 0 Å². The molecule has 0 atom stereocenters. The van der Waals surface area contributed by atoms with E-state index in [1.54, 1.807) is 36.4 Å². The van der Waals surface area contributed by atoms with Crippen molar-refractivity contribution in [1.82, 2.24) is 0 Å². The smallest absolute Gasteiger partial charge is 0.245 e. The van der Waals surface area contributed by atoms with Gasteiger partial charge in [-0.1, -0.05) is 56.3 Å². The van der Waals surface area contributed by atoms with E-state index in [0.29, 0.717) is 28.8 Å². The Kier molecular flexibility index (Phi) is 6.97. The number of hydrogen-bond donors (Lipinski definition) is 1. The standard InChI is InChI=1S/C24H26N2O4S/c1-18(2)19-13-15-20(16-14-19)25-24(27)17-26(31(3,28)29)22-11-7-8-12-23(22)30-21-9-5-4-6-10-21/h4-16,18H,17H2,1-3H3,(H,25,27). The highest BCUT2D eigenvalue weighted by molar-refractivity contribution is 7.92. The minimum Gasteiger partial charge on any atom is -0.455 e. The summed E-state index contributed by atoms with van der Waals surface area (Å²) < 4.78 is 32.0. The topological polar surface area (TPSA) is 75.7 Å². The number of benzene rings is 3. The molecule has 0 radical (unpaired) electrons. The molecule has 1 N–H and O–H groups in total. The molecule has 3 rings (SSSR count). The number of nitrogens with zero attached hydrogens (tertiary/aromatic N) is 1. The Morgan fingerprint density at radius 3 is 2.16 bits per heavy atom. The van der Waals surface area contributed by atoms with E-state index in [-0.39, 0.29) is 6.54 Å². The molecule has 0 saturated carbocycles. The third-order valence-electron chi connectivity index (χ3n) is 4.65. The number of rotatable bonds is 8. The predicted molar refractivity (Wildman–Crippen MR) is 124 cm³/mol. The van der Waals surface area contributed by atoms with E-state index in [1.165, 1.54) is 0 Å². The van der Waals surface area contributed by atoms with Crippen LogP contribution in [0.1, 0.15) is 25.3 Å². The molecule has 0 spiro atoms. The lowest BCUT2D eigenvalue weighted by Crippen LogP contribution is -2.37. The summed E-state index contributed by atoms with van der Waals surface area (Å²) in [6.07, 6.45) is 1.07. The second-order valence-electron chi connectivity index (χ2n) is 7.48. The second-order valence-corrected chi connectivity index (χ2v) is 9.38. The minimum atomic E-state index is -3.75. The van der Waals surface area contributed by atoms with Gasteiger partial charge in [0.25, 0.3) is 0 Å². The number of amides is 1. The highest BCUT2D eigenvalue weighted by Crippen LogP contribution is 2.33. The van der Waals surface area contributed by atoms with Crippen LogP contribution < -0.4 is 14.4 Å². The number of hydrogen-bond acceptors (Lipinski definition) is 4. The summed E-state index contributed by atoms with van der Waals surface area (Å²) in [6.45, 7) is 3.80. The summed E-state index contributed by atoms with van der Waals surface area (Å²) >= 11 is 0. The van der Waals surface area contributed by atoms with Crippen LogP contribution in [0.4, 0.5) is 11.4 Å². The maximum absolute atomic E-state index is 12.7. The van der Waals surface area contributed by atoms with Gasteiger partial charge in [-0.3, -0.25) is 9.10 Å². The molecule has 0 saturated heterocycles. The van der Waals surface area contributed by atoms with Gasteiger partial charge in [-0.15, -0.1) is 0 Å². The Hall–Kier alpha value is -3.32. The number of carbonyl (C=O) groups is 1. The molecule has 0 fully saturated rings. The van der Waals surface area contributed by atoms with Crippen LogP contribution in [0.2, 0.25) is 0 Å². The first-order valence-electron chi connectivity index (χ1n) is 9.93. The monoisotopic (exact) mass is 438 g/mol. The molecule has 6 nitrogen and oxygen atoms in total. The Labute approximate surface area is 183 Å². The fraction of sp³-hybridized carbons (Fsp3) is 0.208. The van der Waals surface area contributed by atoms with Gasteiger partial charge in [0.05, 0.1) is 11.9 Å². The zero-order valence-corrected chi connectivity index (χ0v) is 18.6. The van der Waals surface area contributed by atoms with Crippen molar-refractivity contribution in [2.24, 2.45) is 0 Å². The normalized spacial score (nSPS) is 11.2. The fourth-order valence-corrected chi connectivity index (χ4v) is 3.89. The van der Waals surface area contributed by atoms with Gasteiger partial charge < -0.3 is 10.1 Å². The summed E-state index contributed by atoms with van der Waals surface area (Å²) in [5.74, 6) is 0.843. The number of ether oxygens (including phenoxy) is 1. The van der Waals surface area contributed by atoms with Crippen LogP contribution in [0, 0.1) is 0 Å². The van der Waals surface area contributed by atoms with Crippen LogP contribution in [0.15, 0.2) is 78.9 Å². The van der Waals surface area contributed by atoms with Gasteiger partial charge in [-0.2, -0.15) is 0 Å². The number of anilines is 2. The van der Waals surface area contributed by atoms with Gasteiger partial charge in [0, 0.05) is 5.69 Å². The lowest BCUT2D eigenvalue weighted by molar-refractivity contribution is -0.114. The third kappa shape index (κ3) is 6.08. The van der Waals surface area contributed by atoms with Gasteiger partial charge in [0.15, 0.2) is 5.75 Å². The van der Waals surface area contributed by atoms with E-state index in [0.717, 1.165) is 16.1 Å². The lowest BCUT2D eigenvalue weighted by Gasteiger charge is -2.24. The molecule has 162 valence electrons. The Morgan fingerprint density at radius 1 is 0.935 bits per heavy atom. The summed E-state index contributed by atoms with van der Waals surface area (Å²) in [5.41, 5.74) is 2.05. The molecule has 0 bridgehead atoms. The zero-order chi connectivity index (χ0) is 22.4. The van der Waals surface area contributed by atoms with E-state index in [2.05, 4.69) is 19.2 Å². The second kappa shape index (κ2) is 9.66. The average molecular weight is 439 g/mol. The molecule has 0 aliphatic heterocycles. The van der Waals surface area contributed by atoms with Crippen molar-refractivity contribution >= 4 is 27.3 Å². The largest absolute Gasteiger partial charge is 0.455 e. The van der Waals surface area contributed by atoms with E-state index < -0.39 is 15.9 Å². The molecular formula is C24H26N2O4S. The highest BCUT2D eigenvalue weighted by atomic mass is 32.2. The Balaban J connectivity index is 1.82. The highest BCUT2D eigenvalue weighted by Gasteiger charge is 2.24. The molecule has 3 aromatic carbocycles. The summed E-state index contributed by atoms with van der Waals surface area (Å²) in [5, 5.41) is 2.76. The van der Waals surface area contributed by atoms with Crippen molar-refractivity contribution < 1.29 is 17.9 Å². The minimum absolute atomic E-state index is 0.291. The molecule has 1 amide bonds. The summed E-state index contributed by atoms with van der Waals surface area (Å²) in [6, 6.07) is 23.3. The predicted octanol–water partition coefficient (Wildman–Crippen LogP) is 5.01. The first kappa shape index (κ1) is 22.4. The fourth-order valence-electron chi connectivity index (χ4n) is 3.03. The van der Waals surface area contributed by atoms with Gasteiger partial charge in [0.2, 0.25) is 15.9 Å². The van der Waals surface area contributed by atoms with Crippen LogP contribution in [0.5, 0.6) is 11.5 Å². The van der Waals surface area contributed by atoms with Crippen molar-refractivity contribution in [2.75, 3.05) is 22.4 Å². The third-order valence-corrected chi connectivity index (χ3v) is 5.78. The van der Waals surface area contributed by atoms with E-state index in [1.807, 2.05) is 42.5 Å². The van der Waals surface area contributed by atoms with Crippen molar-refractivity contribution in [3.05, 3.63) is 84.4 Å². The number of para-hydroxylation sites is 3. The maximum Gasteiger partial charge on any atom is 0.245 e. The summed E-state index contributed by atoms with van der Waals surface area (Å²) in [4.78, 5) is 12.7. The molecule has 31 heavy (non-hydrogen) atoms. The first-order valence-corrected chi connectivity index (χ1v) is 11.8. The average Bonchev–Trinajstić information content (AvgIpc) is 2.73. The van der Waals surface area contributed by atoms with Crippen molar-refractivity contribution in [2.45, 2.75) is 19.8 Å². The number of sulfonamides is 1. The number of carbonyl (C=O) groups excluding carboxylic acids is 1. The Bertz CT molecular complexity index is 1130. The Morgan fingerprint density at radius 2 is 1.55 bits per heavy atom. The van der Waals surface area contributed by atoms with Crippen molar-refractivity contribution in [3.63, 3.8) is 0 Å². The molecule has 0 heterocycles. The van der Waals surface area contributed by atoms with Gasteiger partial charge in [-0.25, -0.2) is 8.42 Å². The molecule has 0 aliphatic carbocycles. The van der Waals surface area contributed by atoms with Gasteiger partial charge in [0.1, 0.15) is 12.3 Å². The van der Waals surface area contributed by atoms with Gasteiger partial charge >= 0.3 is 0 Å². The molecule has 7 heteroatoms.